The molecule has 6 rings (SSSR count). The van der Waals surface area contributed by atoms with Crippen molar-refractivity contribution in [2.45, 2.75) is 44.7 Å². The first-order valence-corrected chi connectivity index (χ1v) is 15.7. The van der Waals surface area contributed by atoms with Crippen LogP contribution in [-0.4, -0.2) is 52.7 Å². The number of urea groups is 1. The van der Waals surface area contributed by atoms with Gasteiger partial charge in [-0.15, -0.1) is 11.3 Å². The van der Waals surface area contributed by atoms with Gasteiger partial charge in [-0.25, -0.2) is 14.6 Å². The highest BCUT2D eigenvalue weighted by Gasteiger charge is 2.34. The van der Waals surface area contributed by atoms with E-state index in [1.807, 2.05) is 55.5 Å². The molecule has 2 aliphatic rings. The van der Waals surface area contributed by atoms with Crippen molar-refractivity contribution in [1.29, 1.82) is 0 Å². The van der Waals surface area contributed by atoms with Crippen LogP contribution in [0.2, 0.25) is 0 Å². The molecule has 13 heteroatoms. The maximum atomic E-state index is 13.6. The molecule has 1 aliphatic carbocycles. The monoisotopic (exact) mass is 640 g/mol. The number of carboxylic acid groups (broad SMARTS) is 1. The summed E-state index contributed by atoms with van der Waals surface area (Å²) in [5.41, 5.74) is 2.62. The van der Waals surface area contributed by atoms with Crippen molar-refractivity contribution < 1.29 is 29.0 Å². The second kappa shape index (κ2) is 13.3. The van der Waals surface area contributed by atoms with Gasteiger partial charge in [0.05, 0.1) is 22.4 Å². The van der Waals surface area contributed by atoms with E-state index in [0.29, 0.717) is 69.3 Å². The van der Waals surface area contributed by atoms with Gasteiger partial charge in [0.2, 0.25) is 5.91 Å². The highest BCUT2D eigenvalue weighted by molar-refractivity contribution is 7.21. The maximum absolute atomic E-state index is 13.6. The van der Waals surface area contributed by atoms with E-state index in [0.717, 1.165) is 5.56 Å². The molecular formula is C33H32N6O6S. The molecule has 0 radical (unpaired) electrons. The summed E-state index contributed by atoms with van der Waals surface area (Å²) in [5, 5.41) is 20.5. The summed E-state index contributed by atoms with van der Waals surface area (Å²) in [4.78, 5) is 56.9. The van der Waals surface area contributed by atoms with Crippen molar-refractivity contribution in [3.8, 4) is 11.5 Å². The topological polar surface area (TPSA) is 162 Å². The number of rotatable bonds is 9. The van der Waals surface area contributed by atoms with E-state index in [1.165, 1.54) is 23.5 Å². The van der Waals surface area contributed by atoms with Crippen LogP contribution in [0.25, 0.3) is 10.2 Å². The molecule has 0 unspecified atom stereocenters. The van der Waals surface area contributed by atoms with Crippen molar-refractivity contribution in [3.05, 3.63) is 83.4 Å². The Bertz CT molecular complexity index is 1830. The Morgan fingerprint density at radius 1 is 1.02 bits per heavy atom. The molecule has 5 N–H and O–H groups in total. The standard InChI is InChI=1S/C33H32N6O6S/c1-19-18-23(45-22-6-3-2-4-7-22)13-14-24(19)39-25-15-17-34-31-27(25)28(38-32(39)42)29(46-31)30(41)37-21-11-9-20(10-12-21)36-26(40)8-5-16-35-33(43)44/h2-8,13-15,17-18,20-21,35H,9-12,16H2,1H3,(H,36,40)(H,37,41)(H,38,42)(H,43,44)/b8-5+. The van der Waals surface area contributed by atoms with Gasteiger partial charge in [-0.05, 0) is 74.6 Å². The van der Waals surface area contributed by atoms with Crippen LogP contribution >= 0.6 is 11.3 Å². The van der Waals surface area contributed by atoms with Gasteiger partial charge in [0.15, 0.2) is 0 Å². The first-order valence-electron chi connectivity index (χ1n) is 14.9. The lowest BCUT2D eigenvalue weighted by atomic mass is 9.91. The van der Waals surface area contributed by atoms with E-state index in [-0.39, 0.29) is 36.5 Å². The molecule has 236 valence electrons. The number of amides is 5. The van der Waals surface area contributed by atoms with Crippen LogP contribution in [0, 0.1) is 6.92 Å². The smallest absolute Gasteiger partial charge is 0.404 e. The summed E-state index contributed by atoms with van der Waals surface area (Å²) in [6.07, 6.45) is 5.96. The lowest BCUT2D eigenvalue weighted by Gasteiger charge is -2.30. The highest BCUT2D eigenvalue weighted by Crippen LogP contribution is 2.46. The molecule has 0 saturated heterocycles. The van der Waals surface area contributed by atoms with Crippen molar-refractivity contribution in [2.24, 2.45) is 0 Å². The van der Waals surface area contributed by atoms with Gasteiger partial charge in [-0.2, -0.15) is 0 Å². The van der Waals surface area contributed by atoms with Gasteiger partial charge in [0.25, 0.3) is 5.91 Å². The Hall–Kier alpha value is -5.43. The fraction of sp³-hybridized carbons (Fsp3) is 0.242. The Labute approximate surface area is 268 Å². The van der Waals surface area contributed by atoms with Gasteiger partial charge in [0.1, 0.15) is 21.2 Å². The van der Waals surface area contributed by atoms with Crippen molar-refractivity contribution >= 4 is 62.6 Å². The molecule has 5 amide bonds. The summed E-state index contributed by atoms with van der Waals surface area (Å²) in [7, 11) is 0. The molecular weight excluding hydrogens is 608 g/mol. The number of ether oxygens (including phenoxy) is 1. The van der Waals surface area contributed by atoms with Gasteiger partial charge in [-0.1, -0.05) is 24.3 Å². The SMILES string of the molecule is Cc1cc(Oc2ccccc2)ccc1N1C(=O)Nc2c(C(=O)NC3CCC(NC(=O)/C=C/CNC(=O)O)CC3)sc3nccc1c23. The number of aryl methyl sites for hydroxylation is 1. The number of aromatic nitrogens is 1. The minimum atomic E-state index is -1.15. The Morgan fingerprint density at radius 2 is 1.76 bits per heavy atom. The average Bonchev–Trinajstić information content (AvgIpc) is 3.41. The Morgan fingerprint density at radius 3 is 2.48 bits per heavy atom. The van der Waals surface area contributed by atoms with Crippen LogP contribution in [0.15, 0.2) is 72.9 Å². The maximum Gasteiger partial charge on any atom is 0.404 e. The van der Waals surface area contributed by atoms with Gasteiger partial charge < -0.3 is 31.1 Å². The van der Waals surface area contributed by atoms with Crippen LogP contribution in [-0.2, 0) is 4.79 Å². The quantitative estimate of drug-likeness (QED) is 0.139. The Balaban J connectivity index is 1.13. The van der Waals surface area contributed by atoms with E-state index in [4.69, 9.17) is 9.84 Å². The summed E-state index contributed by atoms with van der Waals surface area (Å²) in [6.45, 7) is 1.96. The van der Waals surface area contributed by atoms with Crippen molar-refractivity contribution in [3.63, 3.8) is 0 Å². The van der Waals surface area contributed by atoms with Crippen LogP contribution < -0.4 is 30.9 Å². The third-order valence-corrected chi connectivity index (χ3v) is 8.99. The minimum Gasteiger partial charge on any atom is -0.465 e. The Kier molecular flexibility index (Phi) is 8.83. The number of benzene rings is 2. The molecule has 1 saturated carbocycles. The van der Waals surface area contributed by atoms with Crippen molar-refractivity contribution in [1.82, 2.24) is 20.9 Å². The zero-order chi connectivity index (χ0) is 32.2. The number of hydrogen-bond donors (Lipinski definition) is 5. The third-order valence-electron chi connectivity index (χ3n) is 7.89. The highest BCUT2D eigenvalue weighted by atomic mass is 32.1. The number of nitrogens with one attached hydrogen (secondary N) is 4. The number of thiophene rings is 1. The largest absolute Gasteiger partial charge is 0.465 e. The molecule has 12 nitrogen and oxygen atoms in total. The number of pyridine rings is 1. The van der Waals surface area contributed by atoms with E-state index in [9.17, 15) is 19.2 Å². The normalized spacial score (nSPS) is 17.4. The number of nitrogens with zero attached hydrogens (tertiary/aromatic N) is 2. The summed E-state index contributed by atoms with van der Waals surface area (Å²) < 4.78 is 5.97. The predicted octanol–water partition coefficient (Wildman–Crippen LogP) is 6.06. The number of hydrogen-bond acceptors (Lipinski definition) is 7. The number of anilines is 3. The zero-order valence-electron chi connectivity index (χ0n) is 24.9. The van der Waals surface area contributed by atoms with Crippen LogP contribution in [0.1, 0.15) is 40.9 Å². The molecule has 46 heavy (non-hydrogen) atoms. The summed E-state index contributed by atoms with van der Waals surface area (Å²) in [6, 6.07) is 16.3. The van der Waals surface area contributed by atoms with E-state index in [2.05, 4.69) is 26.3 Å². The predicted molar refractivity (Wildman–Crippen MR) is 175 cm³/mol. The average molecular weight is 641 g/mol. The number of carbonyl (C=O) groups is 4. The molecule has 2 aromatic heterocycles. The molecule has 0 spiro atoms. The second-order valence-electron chi connectivity index (χ2n) is 11.1. The molecule has 1 aliphatic heterocycles. The molecule has 0 atom stereocenters. The first kappa shape index (κ1) is 30.6. The lowest BCUT2D eigenvalue weighted by Crippen LogP contribution is -2.43. The number of para-hydroxylation sites is 1. The fourth-order valence-corrected chi connectivity index (χ4v) is 6.77. The first-order chi connectivity index (χ1) is 22.3. The van der Waals surface area contributed by atoms with Gasteiger partial charge in [0, 0.05) is 30.9 Å². The molecule has 3 heterocycles. The van der Waals surface area contributed by atoms with E-state index in [1.54, 1.807) is 17.2 Å². The number of carbonyl (C=O) groups excluding carboxylic acids is 3. The molecule has 1 fully saturated rings. The zero-order valence-corrected chi connectivity index (χ0v) is 25.7. The summed E-state index contributed by atoms with van der Waals surface area (Å²) in [5.74, 6) is 0.798. The van der Waals surface area contributed by atoms with E-state index >= 15 is 0 Å². The fourth-order valence-electron chi connectivity index (χ4n) is 5.74. The molecule has 0 bridgehead atoms. The van der Waals surface area contributed by atoms with Crippen molar-refractivity contribution in [2.75, 3.05) is 16.8 Å². The van der Waals surface area contributed by atoms with E-state index < -0.39 is 6.09 Å². The lowest BCUT2D eigenvalue weighted by molar-refractivity contribution is -0.117. The molecule has 4 aromatic rings. The second-order valence-corrected chi connectivity index (χ2v) is 12.1. The van der Waals surface area contributed by atoms with Crippen LogP contribution in [0.4, 0.5) is 26.7 Å². The van der Waals surface area contributed by atoms with Crippen LogP contribution in [0.5, 0.6) is 11.5 Å². The van der Waals surface area contributed by atoms with Gasteiger partial charge in [-0.3, -0.25) is 14.5 Å². The van der Waals surface area contributed by atoms with Gasteiger partial charge >= 0.3 is 12.1 Å². The minimum absolute atomic E-state index is 0.0392. The van der Waals surface area contributed by atoms with Crippen LogP contribution in [0.3, 0.4) is 0 Å². The molecule has 2 aromatic carbocycles. The summed E-state index contributed by atoms with van der Waals surface area (Å²) >= 11 is 1.24. The third kappa shape index (κ3) is 6.64.